The molecule has 3 fully saturated rings. The van der Waals surface area contributed by atoms with Crippen LogP contribution in [0, 0.1) is 27.2 Å². The number of hydrogen-bond donors (Lipinski definition) is 1. The van der Waals surface area contributed by atoms with Crippen molar-refractivity contribution in [2.75, 3.05) is 0 Å². The third-order valence-corrected chi connectivity index (χ3v) is 8.07. The van der Waals surface area contributed by atoms with E-state index in [0.717, 1.165) is 15.7 Å². The summed E-state index contributed by atoms with van der Waals surface area (Å²) in [6.45, 7) is 0. The van der Waals surface area contributed by atoms with Gasteiger partial charge in [0, 0.05) is 15.4 Å². The van der Waals surface area contributed by atoms with Crippen molar-refractivity contribution >= 4 is 50.6 Å². The summed E-state index contributed by atoms with van der Waals surface area (Å²) in [5, 5.41) is 0. The molecular weight excluding hydrogens is 567 g/mol. The first-order chi connectivity index (χ1) is 15.6. The number of carbonyl (C=O) groups is 3. The van der Waals surface area contributed by atoms with Crippen molar-refractivity contribution in [3.05, 3.63) is 57.7 Å². The van der Waals surface area contributed by atoms with Gasteiger partial charge in [-0.05, 0) is 77.5 Å². The van der Waals surface area contributed by atoms with Gasteiger partial charge in [0.15, 0.2) is 0 Å². The molecular formula is C22H17IO9S. The Hall–Kier alpha value is -2.51. The molecule has 2 bridgehead atoms. The highest BCUT2D eigenvalue weighted by Gasteiger charge is 2.70. The SMILES string of the molecule is O=C(OC1C2CC3C1OC(=O)[C@@H]3C2C(=O)Oc1ccc(S(=O)(=O)O)cc1)c1ccc(I)cc1. The Bertz CT molecular complexity index is 1240. The quantitative estimate of drug-likeness (QED) is 0.244. The van der Waals surface area contributed by atoms with E-state index in [1.807, 2.05) is 0 Å². The molecule has 2 aromatic carbocycles. The summed E-state index contributed by atoms with van der Waals surface area (Å²) in [6, 6.07) is 11.5. The molecule has 0 amide bonds. The van der Waals surface area contributed by atoms with E-state index in [-0.39, 0.29) is 16.6 Å². The van der Waals surface area contributed by atoms with Gasteiger partial charge in [0.25, 0.3) is 10.1 Å². The summed E-state index contributed by atoms with van der Waals surface area (Å²) in [4.78, 5) is 37.8. The first-order valence-electron chi connectivity index (χ1n) is 10.1. The van der Waals surface area contributed by atoms with Gasteiger partial charge in [0.1, 0.15) is 18.0 Å². The molecule has 2 aliphatic carbocycles. The lowest BCUT2D eigenvalue weighted by Crippen LogP contribution is -2.44. The Labute approximate surface area is 202 Å². The lowest BCUT2D eigenvalue weighted by molar-refractivity contribution is -0.149. The smallest absolute Gasteiger partial charge is 0.338 e. The Morgan fingerprint density at radius 1 is 1.03 bits per heavy atom. The molecule has 5 unspecified atom stereocenters. The number of rotatable bonds is 5. The molecule has 0 radical (unpaired) electrons. The van der Waals surface area contributed by atoms with E-state index in [4.69, 9.17) is 18.8 Å². The van der Waals surface area contributed by atoms with Crippen LogP contribution in [0.2, 0.25) is 0 Å². The van der Waals surface area contributed by atoms with Crippen LogP contribution in [0.4, 0.5) is 0 Å². The fourth-order valence-corrected chi connectivity index (χ4v) is 5.95. The van der Waals surface area contributed by atoms with Gasteiger partial charge in [-0.25, -0.2) is 4.79 Å². The van der Waals surface area contributed by atoms with E-state index in [0.29, 0.717) is 12.0 Å². The molecule has 33 heavy (non-hydrogen) atoms. The molecule has 9 nitrogen and oxygen atoms in total. The predicted octanol–water partition coefficient (Wildman–Crippen LogP) is 2.48. The number of halogens is 1. The van der Waals surface area contributed by atoms with E-state index >= 15 is 0 Å². The van der Waals surface area contributed by atoms with Crippen LogP contribution in [0.25, 0.3) is 0 Å². The average molecular weight is 584 g/mol. The number of carbonyl (C=O) groups excluding carboxylic acids is 3. The summed E-state index contributed by atoms with van der Waals surface area (Å²) in [5.41, 5.74) is 0.358. The molecule has 0 aromatic heterocycles. The van der Waals surface area contributed by atoms with Crippen molar-refractivity contribution in [3.8, 4) is 5.75 Å². The van der Waals surface area contributed by atoms with Gasteiger partial charge < -0.3 is 14.2 Å². The third kappa shape index (κ3) is 3.91. The van der Waals surface area contributed by atoms with E-state index in [2.05, 4.69) is 22.6 Å². The molecule has 0 spiro atoms. The fraction of sp³-hybridized carbons (Fsp3) is 0.318. The number of hydrogen-bond acceptors (Lipinski definition) is 8. The maximum atomic E-state index is 13.0. The minimum atomic E-state index is -4.38. The zero-order valence-corrected chi connectivity index (χ0v) is 19.8. The summed E-state index contributed by atoms with van der Waals surface area (Å²) < 4.78 is 49.0. The monoisotopic (exact) mass is 584 g/mol. The number of ether oxygens (including phenoxy) is 3. The van der Waals surface area contributed by atoms with Crippen LogP contribution in [-0.4, -0.2) is 43.1 Å². The highest BCUT2D eigenvalue weighted by molar-refractivity contribution is 14.1. The number of benzene rings is 2. The van der Waals surface area contributed by atoms with Gasteiger partial charge in [-0.2, -0.15) is 8.42 Å². The van der Waals surface area contributed by atoms with Crippen molar-refractivity contribution in [1.82, 2.24) is 0 Å². The summed E-state index contributed by atoms with van der Waals surface area (Å²) in [6.07, 6.45) is -0.852. The molecule has 2 saturated carbocycles. The Balaban J connectivity index is 1.35. The van der Waals surface area contributed by atoms with Crippen molar-refractivity contribution in [2.24, 2.45) is 23.7 Å². The predicted molar refractivity (Wildman–Crippen MR) is 119 cm³/mol. The second kappa shape index (κ2) is 8.06. The molecule has 11 heteroatoms. The van der Waals surface area contributed by atoms with Crippen molar-refractivity contribution in [1.29, 1.82) is 0 Å². The van der Waals surface area contributed by atoms with Crippen LogP contribution in [-0.2, 0) is 29.2 Å². The summed E-state index contributed by atoms with van der Waals surface area (Å²) in [7, 11) is -4.38. The maximum absolute atomic E-state index is 13.0. The Morgan fingerprint density at radius 2 is 1.70 bits per heavy atom. The summed E-state index contributed by atoms with van der Waals surface area (Å²) >= 11 is 2.12. The standard InChI is InChI=1S/C22H17IO9S/c23-11-3-1-10(2-4-11)20(24)31-18-14-9-15-17(22(26)32-19(15)18)16(14)21(25)30-12-5-7-13(8-6-12)33(27,28)29/h1-8,14-19H,9H2,(H,27,28,29)/t14?,15?,16?,17-,18?,19?/m0/s1. The molecule has 1 saturated heterocycles. The molecule has 5 rings (SSSR count). The normalized spacial score (nSPS) is 29.6. The van der Waals surface area contributed by atoms with Crippen LogP contribution >= 0.6 is 22.6 Å². The summed E-state index contributed by atoms with van der Waals surface area (Å²) in [5.74, 6) is -3.88. The average Bonchev–Trinajstić information content (AvgIpc) is 3.37. The zero-order chi connectivity index (χ0) is 23.5. The van der Waals surface area contributed by atoms with Crippen LogP contribution in [0.15, 0.2) is 53.4 Å². The van der Waals surface area contributed by atoms with Crippen LogP contribution in [0.1, 0.15) is 16.8 Å². The van der Waals surface area contributed by atoms with Gasteiger partial charge in [-0.15, -0.1) is 0 Å². The Morgan fingerprint density at radius 3 is 2.33 bits per heavy atom. The molecule has 6 atom stereocenters. The minimum Gasteiger partial charge on any atom is -0.458 e. The Kier molecular flexibility index (Phi) is 5.45. The number of esters is 3. The highest BCUT2D eigenvalue weighted by atomic mass is 127. The third-order valence-electron chi connectivity index (χ3n) is 6.48. The first-order valence-corrected chi connectivity index (χ1v) is 12.6. The molecule has 172 valence electrons. The molecule has 1 heterocycles. The molecule has 2 aromatic rings. The molecule has 1 aliphatic heterocycles. The minimum absolute atomic E-state index is 0.0607. The molecule has 3 aliphatic rings. The molecule has 1 N–H and O–H groups in total. The van der Waals surface area contributed by atoms with Gasteiger partial charge in [0.2, 0.25) is 0 Å². The largest absolute Gasteiger partial charge is 0.458 e. The van der Waals surface area contributed by atoms with Crippen molar-refractivity contribution in [3.63, 3.8) is 0 Å². The van der Waals surface area contributed by atoms with Crippen LogP contribution < -0.4 is 4.74 Å². The van der Waals surface area contributed by atoms with E-state index in [1.165, 1.54) is 12.1 Å². The van der Waals surface area contributed by atoms with Crippen LogP contribution in [0.5, 0.6) is 5.75 Å². The lowest BCUT2D eigenvalue weighted by atomic mass is 9.78. The highest BCUT2D eigenvalue weighted by Crippen LogP contribution is 2.59. The lowest BCUT2D eigenvalue weighted by Gasteiger charge is -2.30. The van der Waals surface area contributed by atoms with E-state index < -0.39 is 58.0 Å². The second-order valence-corrected chi connectivity index (χ2v) is 10.9. The van der Waals surface area contributed by atoms with E-state index in [9.17, 15) is 22.8 Å². The van der Waals surface area contributed by atoms with Gasteiger partial charge in [-0.3, -0.25) is 14.1 Å². The van der Waals surface area contributed by atoms with E-state index in [1.54, 1.807) is 24.3 Å². The zero-order valence-electron chi connectivity index (χ0n) is 16.8. The van der Waals surface area contributed by atoms with Gasteiger partial charge in [-0.1, -0.05) is 0 Å². The van der Waals surface area contributed by atoms with Crippen molar-refractivity contribution < 1.29 is 41.6 Å². The van der Waals surface area contributed by atoms with Gasteiger partial charge in [0.05, 0.1) is 22.3 Å². The van der Waals surface area contributed by atoms with Gasteiger partial charge >= 0.3 is 17.9 Å². The second-order valence-electron chi connectivity index (χ2n) is 8.26. The fourth-order valence-electron chi connectivity index (χ4n) is 5.11. The van der Waals surface area contributed by atoms with Crippen molar-refractivity contribution in [2.45, 2.75) is 23.5 Å². The topological polar surface area (TPSA) is 133 Å². The maximum Gasteiger partial charge on any atom is 0.338 e. The first kappa shape index (κ1) is 22.3. The number of fused-ring (bicyclic) bond motifs is 1. The van der Waals surface area contributed by atoms with Crippen LogP contribution in [0.3, 0.4) is 0 Å².